The number of hydrogen-bond donors (Lipinski definition) is 2. The Morgan fingerprint density at radius 1 is 1.25 bits per heavy atom. The highest BCUT2D eigenvalue weighted by atomic mass is 127. The van der Waals surface area contributed by atoms with Gasteiger partial charge < -0.3 is 20.3 Å². The van der Waals surface area contributed by atoms with E-state index in [0.717, 1.165) is 62.9 Å². The minimum Gasteiger partial charge on any atom is -0.381 e. The van der Waals surface area contributed by atoms with Crippen LogP contribution in [0.5, 0.6) is 0 Å². The molecule has 7 heteroatoms. The van der Waals surface area contributed by atoms with Crippen molar-refractivity contribution in [1.82, 2.24) is 10.2 Å². The molecule has 0 aliphatic carbocycles. The van der Waals surface area contributed by atoms with Gasteiger partial charge in [-0.15, -0.1) is 24.0 Å². The third-order valence-electron chi connectivity index (χ3n) is 5.38. The molecule has 2 aliphatic heterocycles. The van der Waals surface area contributed by atoms with Crippen LogP contribution >= 0.6 is 24.0 Å². The van der Waals surface area contributed by atoms with Crippen molar-refractivity contribution < 1.29 is 9.53 Å². The average molecular weight is 500 g/mol. The van der Waals surface area contributed by atoms with Crippen LogP contribution in [0.15, 0.2) is 29.3 Å². The van der Waals surface area contributed by atoms with Crippen LogP contribution in [0.25, 0.3) is 0 Å². The quantitative estimate of drug-likeness (QED) is 0.356. The van der Waals surface area contributed by atoms with Crippen LogP contribution in [0, 0.1) is 5.41 Å². The van der Waals surface area contributed by atoms with E-state index in [2.05, 4.69) is 22.5 Å². The summed E-state index contributed by atoms with van der Waals surface area (Å²) in [5.41, 5.74) is 2.31. The largest absolute Gasteiger partial charge is 0.381 e. The average Bonchev–Trinajstić information content (AvgIpc) is 3.30. The Labute approximate surface area is 185 Å². The zero-order valence-corrected chi connectivity index (χ0v) is 19.3. The summed E-state index contributed by atoms with van der Waals surface area (Å²) in [7, 11) is 0. The fourth-order valence-corrected chi connectivity index (χ4v) is 3.82. The van der Waals surface area contributed by atoms with Crippen molar-refractivity contribution in [2.45, 2.75) is 46.1 Å². The lowest BCUT2D eigenvalue weighted by molar-refractivity contribution is -0.116. The number of aliphatic imine (C=N–C) groups is 1. The van der Waals surface area contributed by atoms with E-state index in [1.54, 1.807) is 0 Å². The van der Waals surface area contributed by atoms with E-state index in [-0.39, 0.29) is 29.9 Å². The van der Waals surface area contributed by atoms with E-state index >= 15 is 0 Å². The first-order chi connectivity index (χ1) is 13.1. The predicted octanol–water partition coefficient (Wildman–Crippen LogP) is 3.62. The van der Waals surface area contributed by atoms with Gasteiger partial charge in [-0.05, 0) is 43.9 Å². The molecular formula is C21H33IN4O2. The van der Waals surface area contributed by atoms with Gasteiger partial charge in [0.05, 0.1) is 13.2 Å². The van der Waals surface area contributed by atoms with Gasteiger partial charge in [0, 0.05) is 43.8 Å². The molecule has 6 nitrogen and oxygen atoms in total. The number of likely N-dealkylation sites (tertiary alicyclic amines) is 1. The van der Waals surface area contributed by atoms with Crippen LogP contribution in [0.1, 0.15) is 45.1 Å². The highest BCUT2D eigenvalue weighted by molar-refractivity contribution is 14.0. The maximum atomic E-state index is 11.7. The zero-order chi connectivity index (χ0) is 19.1. The number of carbonyl (C=O) groups is 1. The lowest BCUT2D eigenvalue weighted by Gasteiger charge is -2.25. The summed E-state index contributed by atoms with van der Waals surface area (Å²) in [5.74, 6) is 1.05. The van der Waals surface area contributed by atoms with Crippen molar-refractivity contribution in [3.63, 3.8) is 0 Å². The Bertz CT molecular complexity index is 657. The molecule has 1 amide bonds. The van der Waals surface area contributed by atoms with Gasteiger partial charge in [0.15, 0.2) is 5.96 Å². The molecule has 0 saturated carbocycles. The summed E-state index contributed by atoms with van der Waals surface area (Å²) in [5, 5.41) is 6.35. The molecule has 2 heterocycles. The van der Waals surface area contributed by atoms with Gasteiger partial charge in [0.2, 0.25) is 5.91 Å². The molecule has 0 bridgehead atoms. The molecule has 1 unspecified atom stereocenters. The summed E-state index contributed by atoms with van der Waals surface area (Å²) in [6.45, 7) is 9.45. The third kappa shape index (κ3) is 6.07. The number of halogens is 1. The van der Waals surface area contributed by atoms with E-state index in [0.29, 0.717) is 18.4 Å². The number of nitrogens with one attached hydrogen (secondary N) is 2. The second-order valence-electron chi connectivity index (χ2n) is 7.64. The number of rotatable bonds is 6. The molecule has 1 atom stereocenters. The van der Waals surface area contributed by atoms with Crippen LogP contribution in [-0.2, 0) is 16.1 Å². The van der Waals surface area contributed by atoms with Crippen LogP contribution in [-0.4, -0.2) is 49.6 Å². The molecule has 28 heavy (non-hydrogen) atoms. The first-order valence-corrected chi connectivity index (χ1v) is 10.1. The van der Waals surface area contributed by atoms with Gasteiger partial charge in [-0.3, -0.25) is 4.79 Å². The Kier molecular flexibility index (Phi) is 9.01. The number of amides is 1. The fraction of sp³-hybridized carbons (Fsp3) is 0.619. The Morgan fingerprint density at radius 2 is 2.04 bits per heavy atom. The highest BCUT2D eigenvalue weighted by Gasteiger charge is 2.42. The van der Waals surface area contributed by atoms with Crippen molar-refractivity contribution in [2.75, 3.05) is 38.2 Å². The Balaban J connectivity index is 0.00000280. The lowest BCUT2D eigenvalue weighted by atomic mass is 9.87. The van der Waals surface area contributed by atoms with E-state index < -0.39 is 0 Å². The summed E-state index contributed by atoms with van der Waals surface area (Å²) in [4.78, 5) is 18.9. The number of benzene rings is 1. The van der Waals surface area contributed by atoms with Crippen molar-refractivity contribution in [3.05, 3.63) is 29.8 Å². The molecule has 0 radical (unpaired) electrons. The number of guanidine groups is 1. The van der Waals surface area contributed by atoms with Crippen LogP contribution in [0.4, 0.5) is 5.69 Å². The Morgan fingerprint density at radius 3 is 2.68 bits per heavy atom. The van der Waals surface area contributed by atoms with Crippen LogP contribution in [0.3, 0.4) is 0 Å². The van der Waals surface area contributed by atoms with E-state index in [1.807, 2.05) is 31.2 Å². The highest BCUT2D eigenvalue weighted by Crippen LogP contribution is 2.38. The molecule has 1 aromatic carbocycles. The van der Waals surface area contributed by atoms with E-state index in [4.69, 9.17) is 9.73 Å². The molecular weight excluding hydrogens is 467 g/mol. The normalized spacial score (nSPS) is 21.6. The molecule has 1 aromatic rings. The second-order valence-corrected chi connectivity index (χ2v) is 7.64. The smallest absolute Gasteiger partial charge is 0.224 e. The molecule has 1 spiro atoms. The monoisotopic (exact) mass is 500 g/mol. The van der Waals surface area contributed by atoms with Crippen molar-refractivity contribution in [3.8, 4) is 0 Å². The molecule has 2 saturated heterocycles. The first kappa shape index (κ1) is 22.9. The summed E-state index contributed by atoms with van der Waals surface area (Å²) in [6, 6.07) is 7.97. The topological polar surface area (TPSA) is 66.0 Å². The molecule has 2 aliphatic rings. The maximum absolute atomic E-state index is 11.7. The van der Waals surface area contributed by atoms with Crippen LogP contribution in [0.2, 0.25) is 0 Å². The number of ether oxygens (including phenoxy) is 1. The number of hydrogen-bond acceptors (Lipinski definition) is 3. The summed E-state index contributed by atoms with van der Waals surface area (Å²) in [6.07, 6.45) is 3.76. The fourth-order valence-electron chi connectivity index (χ4n) is 3.82. The van der Waals surface area contributed by atoms with Crippen molar-refractivity contribution in [2.24, 2.45) is 10.4 Å². The Hall–Kier alpha value is -1.35. The molecule has 2 N–H and O–H groups in total. The van der Waals surface area contributed by atoms with Gasteiger partial charge in [-0.1, -0.05) is 19.1 Å². The number of carbonyl (C=O) groups excluding carboxylic acids is 1. The van der Waals surface area contributed by atoms with Crippen LogP contribution < -0.4 is 10.6 Å². The number of nitrogens with zero attached hydrogens (tertiary/aromatic N) is 2. The maximum Gasteiger partial charge on any atom is 0.224 e. The lowest BCUT2D eigenvalue weighted by Crippen LogP contribution is -2.41. The molecule has 3 rings (SSSR count). The van der Waals surface area contributed by atoms with Gasteiger partial charge in [0.1, 0.15) is 0 Å². The predicted molar refractivity (Wildman–Crippen MR) is 124 cm³/mol. The van der Waals surface area contributed by atoms with Gasteiger partial charge >= 0.3 is 0 Å². The summed E-state index contributed by atoms with van der Waals surface area (Å²) >= 11 is 0. The molecule has 0 aromatic heterocycles. The third-order valence-corrected chi connectivity index (χ3v) is 5.38. The molecule has 2 fully saturated rings. The van der Waals surface area contributed by atoms with Gasteiger partial charge in [-0.2, -0.15) is 0 Å². The minimum atomic E-state index is 0. The first-order valence-electron chi connectivity index (χ1n) is 10.1. The van der Waals surface area contributed by atoms with Gasteiger partial charge in [0.25, 0.3) is 0 Å². The van der Waals surface area contributed by atoms with E-state index in [1.165, 1.54) is 6.42 Å². The van der Waals surface area contributed by atoms with E-state index in [9.17, 15) is 4.79 Å². The second kappa shape index (κ2) is 11.0. The SMILES string of the molecule is CCCC(=O)Nc1ccc(CN=C(NCC)N2CCC3(CCOC3)C2)cc1.I. The zero-order valence-electron chi connectivity index (χ0n) is 17.0. The summed E-state index contributed by atoms with van der Waals surface area (Å²) < 4.78 is 5.64. The van der Waals surface area contributed by atoms with Gasteiger partial charge in [-0.25, -0.2) is 4.99 Å². The standard InChI is InChI=1S/C21H32N4O2.HI/c1-3-5-19(26)24-18-8-6-17(7-9-18)14-23-20(22-4-2)25-12-10-21(15-25)11-13-27-16-21;/h6-9H,3-5,10-16H2,1-2H3,(H,22,23)(H,24,26);1H. The van der Waals surface area contributed by atoms with Crippen molar-refractivity contribution in [1.29, 1.82) is 0 Å². The number of anilines is 1. The molecule has 156 valence electrons. The minimum absolute atomic E-state index is 0. The van der Waals surface area contributed by atoms with Crippen molar-refractivity contribution >= 4 is 41.5 Å².